The number of amides is 2. The number of benzene rings is 3. The molecule has 0 radical (unpaired) electrons. The Bertz CT molecular complexity index is 2150. The molecule has 3 aliphatic heterocycles. The van der Waals surface area contributed by atoms with Crippen molar-refractivity contribution in [3.63, 3.8) is 0 Å². The smallest absolute Gasteiger partial charge is 0.307 e. The van der Waals surface area contributed by atoms with Crippen molar-refractivity contribution in [3.8, 4) is 0 Å². The van der Waals surface area contributed by atoms with Crippen molar-refractivity contribution in [2.45, 2.75) is 69.2 Å². The first-order valence-electron chi connectivity index (χ1n) is 16.7. The Labute approximate surface area is 276 Å². The van der Waals surface area contributed by atoms with E-state index < -0.39 is 29.6 Å². The van der Waals surface area contributed by atoms with Crippen LogP contribution in [0.25, 0.3) is 43.6 Å². The van der Waals surface area contributed by atoms with Crippen LogP contribution >= 0.6 is 0 Å². The number of rotatable bonds is 11. The van der Waals surface area contributed by atoms with Gasteiger partial charge in [-0.1, -0.05) is 42.8 Å². The predicted molar refractivity (Wildman–Crippen MR) is 181 cm³/mol. The van der Waals surface area contributed by atoms with E-state index in [4.69, 9.17) is 25.7 Å². The molecule has 6 N–H and O–H groups in total. The highest BCUT2D eigenvalue weighted by Gasteiger charge is 2.63. The maximum Gasteiger partial charge on any atom is 0.307 e. The minimum absolute atomic E-state index is 0.0163. The molecule has 2 amide bonds. The molecular weight excluding hydrogens is 612 g/mol. The van der Waals surface area contributed by atoms with Crippen molar-refractivity contribution < 1.29 is 28.6 Å². The van der Waals surface area contributed by atoms with Crippen LogP contribution in [-0.2, 0) is 36.1 Å². The molecule has 1 fully saturated rings. The summed E-state index contributed by atoms with van der Waals surface area (Å²) in [7, 11) is 1.63. The van der Waals surface area contributed by atoms with Crippen LogP contribution in [0.1, 0.15) is 61.2 Å². The number of esters is 1. The van der Waals surface area contributed by atoms with Crippen LogP contribution in [0.4, 0.5) is 0 Å². The van der Waals surface area contributed by atoms with Crippen LogP contribution in [0, 0.1) is 0 Å². The molecular formula is C36H40N6O6. The van der Waals surface area contributed by atoms with E-state index >= 15 is 0 Å². The highest BCUT2D eigenvalue weighted by Crippen LogP contribution is 2.58. The van der Waals surface area contributed by atoms with E-state index in [1.165, 1.54) is 0 Å². The van der Waals surface area contributed by atoms with Gasteiger partial charge < -0.3 is 45.4 Å². The van der Waals surface area contributed by atoms with Crippen LogP contribution in [0.3, 0.4) is 0 Å². The maximum absolute atomic E-state index is 13.5. The van der Waals surface area contributed by atoms with Gasteiger partial charge in [0.25, 0.3) is 5.91 Å². The molecule has 3 aromatic carbocycles. The zero-order valence-electron chi connectivity index (χ0n) is 27.1. The Morgan fingerprint density at radius 2 is 1.81 bits per heavy atom. The number of nitrogens with zero attached hydrogens (tertiary/aromatic N) is 2. The standard InChI is InChI=1S/C36H40N6O6/c1-35-36(46-2,19-47-27(43)14-16-39-33(44)23(38)11-7-8-15-37)17-26(48-35)41-24-12-5-3-9-20(24)29-30-22(18-40-34(30)45)28-21-10-4-6-13-25(21)42(35)32(28)31(29)41/h3-6,9-10,12-13,23,26H,7-8,11,14-19,37-38H2,1-2H3,(H,39,44)(H,40,45). The summed E-state index contributed by atoms with van der Waals surface area (Å²) in [4.78, 5) is 39.0. The topological polar surface area (TPSA) is 165 Å². The summed E-state index contributed by atoms with van der Waals surface area (Å²) in [6.45, 7) is 3.02. The number of nitrogens with two attached hydrogens (primary N) is 2. The van der Waals surface area contributed by atoms with Gasteiger partial charge in [-0.15, -0.1) is 0 Å². The summed E-state index contributed by atoms with van der Waals surface area (Å²) in [6.07, 6.45) is 1.98. The summed E-state index contributed by atoms with van der Waals surface area (Å²) < 4.78 is 23.9. The van der Waals surface area contributed by atoms with Crippen molar-refractivity contribution in [2.75, 3.05) is 26.8 Å². The van der Waals surface area contributed by atoms with Gasteiger partial charge in [-0.3, -0.25) is 14.4 Å². The van der Waals surface area contributed by atoms with Crippen molar-refractivity contribution in [1.82, 2.24) is 19.8 Å². The summed E-state index contributed by atoms with van der Waals surface area (Å²) in [5.41, 5.74) is 14.8. The van der Waals surface area contributed by atoms with Gasteiger partial charge in [-0.05, 0) is 44.0 Å². The fourth-order valence-corrected chi connectivity index (χ4v) is 8.36. The number of carbonyl (C=O) groups excluding carboxylic acids is 3. The van der Waals surface area contributed by atoms with Crippen molar-refractivity contribution in [2.24, 2.45) is 11.5 Å². The highest BCUT2D eigenvalue weighted by molar-refractivity contribution is 6.31. The lowest BCUT2D eigenvalue weighted by Crippen LogP contribution is -2.55. The summed E-state index contributed by atoms with van der Waals surface area (Å²) in [5.74, 6) is -0.841. The average molecular weight is 653 g/mol. The second-order valence-electron chi connectivity index (χ2n) is 13.3. The molecule has 3 aliphatic rings. The number of ether oxygens (including phenoxy) is 3. The highest BCUT2D eigenvalue weighted by atomic mass is 16.6. The Hall–Kier alpha value is -4.49. The van der Waals surface area contributed by atoms with Crippen molar-refractivity contribution in [1.29, 1.82) is 0 Å². The molecule has 2 aromatic heterocycles. The first-order chi connectivity index (χ1) is 23.2. The third-order valence-electron chi connectivity index (χ3n) is 10.7. The first kappa shape index (κ1) is 30.8. The molecule has 1 saturated heterocycles. The van der Waals surface area contributed by atoms with E-state index in [-0.39, 0.29) is 31.4 Å². The summed E-state index contributed by atoms with van der Waals surface area (Å²) in [5, 5.41) is 9.75. The average Bonchev–Trinajstić information content (AvgIpc) is 3.80. The van der Waals surface area contributed by atoms with E-state index in [1.54, 1.807) is 7.11 Å². The molecule has 12 nitrogen and oxygen atoms in total. The molecule has 5 heterocycles. The summed E-state index contributed by atoms with van der Waals surface area (Å²) >= 11 is 0. The van der Waals surface area contributed by atoms with Gasteiger partial charge in [0.2, 0.25) is 5.91 Å². The molecule has 5 aromatic rings. The molecule has 4 atom stereocenters. The second-order valence-corrected chi connectivity index (χ2v) is 13.3. The van der Waals surface area contributed by atoms with E-state index in [2.05, 4.69) is 44.0 Å². The lowest BCUT2D eigenvalue weighted by molar-refractivity contribution is -0.208. The van der Waals surface area contributed by atoms with E-state index in [1.807, 2.05) is 31.2 Å². The van der Waals surface area contributed by atoms with E-state index in [0.717, 1.165) is 62.0 Å². The molecule has 4 unspecified atom stereocenters. The number of nitrogens with one attached hydrogen (secondary N) is 2. The quantitative estimate of drug-likeness (QED) is 0.124. The number of unbranched alkanes of at least 4 members (excludes halogenated alkanes) is 1. The fraction of sp³-hybridized carbons (Fsp3) is 0.417. The monoisotopic (exact) mass is 652 g/mol. The Morgan fingerprint density at radius 3 is 2.56 bits per heavy atom. The molecule has 0 saturated carbocycles. The van der Waals surface area contributed by atoms with Crippen LogP contribution < -0.4 is 22.1 Å². The van der Waals surface area contributed by atoms with Gasteiger partial charge in [-0.25, -0.2) is 0 Å². The molecule has 2 bridgehead atoms. The number of carbonyl (C=O) groups is 3. The largest absolute Gasteiger partial charge is 0.462 e. The van der Waals surface area contributed by atoms with Crippen molar-refractivity contribution >= 4 is 61.4 Å². The van der Waals surface area contributed by atoms with E-state index in [0.29, 0.717) is 31.5 Å². The molecule has 48 heavy (non-hydrogen) atoms. The number of hydrogen-bond donors (Lipinski definition) is 4. The summed E-state index contributed by atoms with van der Waals surface area (Å²) in [6, 6.07) is 15.6. The number of methoxy groups -OCH3 is 1. The van der Waals surface area contributed by atoms with E-state index in [9.17, 15) is 14.4 Å². The number of para-hydroxylation sites is 2. The van der Waals surface area contributed by atoms with Gasteiger partial charge in [-0.2, -0.15) is 0 Å². The Morgan fingerprint density at radius 1 is 1.08 bits per heavy atom. The van der Waals surface area contributed by atoms with Gasteiger partial charge in [0.1, 0.15) is 12.8 Å². The van der Waals surface area contributed by atoms with Gasteiger partial charge in [0.05, 0.1) is 40.1 Å². The van der Waals surface area contributed by atoms with Gasteiger partial charge >= 0.3 is 5.97 Å². The third kappa shape index (κ3) is 4.19. The van der Waals surface area contributed by atoms with Crippen molar-refractivity contribution in [3.05, 3.63) is 59.7 Å². The van der Waals surface area contributed by atoms with Gasteiger partial charge in [0.15, 0.2) is 11.3 Å². The third-order valence-corrected chi connectivity index (χ3v) is 10.7. The second kappa shape index (κ2) is 11.3. The number of hydrogen-bond acceptors (Lipinski definition) is 8. The molecule has 0 spiro atoms. The van der Waals surface area contributed by atoms with Crippen LogP contribution in [0.2, 0.25) is 0 Å². The fourth-order valence-electron chi connectivity index (χ4n) is 8.36. The lowest BCUT2D eigenvalue weighted by atomic mass is 9.89. The SMILES string of the molecule is COC1(COC(=O)CCNC(=O)C(N)CCCCN)CC2OC1(C)n1c3ccccc3c3c4c(c5c6ccccc6n2c5c31)C(=O)NC4. The predicted octanol–water partition coefficient (Wildman–Crippen LogP) is 3.64. The zero-order valence-corrected chi connectivity index (χ0v) is 27.1. The molecule has 12 heteroatoms. The molecule has 8 rings (SSSR count). The number of fused-ring (bicyclic) bond motifs is 13. The lowest BCUT2D eigenvalue weighted by Gasteiger charge is -2.42. The zero-order chi connectivity index (χ0) is 33.4. The normalized spacial score (nSPS) is 23.2. The van der Waals surface area contributed by atoms with Crippen LogP contribution in [-0.4, -0.2) is 65.4 Å². The van der Waals surface area contributed by atoms with Gasteiger partial charge in [0, 0.05) is 48.2 Å². The molecule has 0 aliphatic carbocycles. The minimum atomic E-state index is -1.12. The Balaban J connectivity index is 1.19. The first-order valence-corrected chi connectivity index (χ1v) is 16.7. The van der Waals surface area contributed by atoms with Crippen LogP contribution in [0.15, 0.2) is 48.5 Å². The molecule has 250 valence electrons. The maximum atomic E-state index is 13.5. The number of aromatic nitrogens is 2. The minimum Gasteiger partial charge on any atom is -0.462 e. The Kier molecular flexibility index (Phi) is 7.26. The van der Waals surface area contributed by atoms with Crippen LogP contribution in [0.5, 0.6) is 0 Å².